The second-order valence-corrected chi connectivity index (χ2v) is 7.07. The van der Waals surface area contributed by atoms with Gasteiger partial charge in [-0.1, -0.05) is 48.5 Å². The van der Waals surface area contributed by atoms with E-state index in [-0.39, 0.29) is 0 Å². The van der Waals surface area contributed by atoms with E-state index in [1.165, 1.54) is 5.56 Å². The SMILES string of the molecule is COCCN(C)Cc1cn(Cc2ccccc2)nc1-c1cc2ccccc2o1. The van der Waals surface area contributed by atoms with Crippen LogP contribution in [0.4, 0.5) is 0 Å². The summed E-state index contributed by atoms with van der Waals surface area (Å²) in [5.41, 5.74) is 4.15. The maximum absolute atomic E-state index is 6.10. The molecule has 0 aliphatic heterocycles. The summed E-state index contributed by atoms with van der Waals surface area (Å²) in [4.78, 5) is 2.24. The number of furan rings is 1. The summed E-state index contributed by atoms with van der Waals surface area (Å²) in [5, 5.41) is 5.96. The van der Waals surface area contributed by atoms with Gasteiger partial charge in [-0.15, -0.1) is 0 Å². The number of nitrogens with zero attached hydrogens (tertiary/aromatic N) is 3. The number of hydrogen-bond donors (Lipinski definition) is 0. The molecule has 28 heavy (non-hydrogen) atoms. The van der Waals surface area contributed by atoms with Gasteiger partial charge in [-0.3, -0.25) is 9.58 Å². The van der Waals surface area contributed by atoms with E-state index in [9.17, 15) is 0 Å². The Morgan fingerprint density at radius 1 is 1.07 bits per heavy atom. The highest BCUT2D eigenvalue weighted by Crippen LogP contribution is 2.29. The number of fused-ring (bicyclic) bond motifs is 1. The number of aromatic nitrogens is 2. The predicted octanol–water partition coefficient (Wildman–Crippen LogP) is 4.42. The lowest BCUT2D eigenvalue weighted by Gasteiger charge is -2.15. The molecule has 0 bridgehead atoms. The maximum atomic E-state index is 6.10. The molecule has 5 nitrogen and oxygen atoms in total. The molecule has 0 aliphatic rings. The first-order valence-corrected chi connectivity index (χ1v) is 9.49. The smallest absolute Gasteiger partial charge is 0.156 e. The van der Waals surface area contributed by atoms with Crippen LogP contribution < -0.4 is 0 Å². The van der Waals surface area contributed by atoms with Crippen molar-refractivity contribution < 1.29 is 9.15 Å². The summed E-state index contributed by atoms with van der Waals surface area (Å²) in [6, 6.07) is 20.5. The Balaban J connectivity index is 1.67. The molecule has 144 valence electrons. The molecule has 0 amide bonds. The molecule has 2 aromatic heterocycles. The van der Waals surface area contributed by atoms with Gasteiger partial charge in [0.05, 0.1) is 13.2 Å². The van der Waals surface area contributed by atoms with Gasteiger partial charge in [0.25, 0.3) is 0 Å². The second-order valence-electron chi connectivity index (χ2n) is 7.07. The van der Waals surface area contributed by atoms with E-state index < -0.39 is 0 Å². The zero-order valence-electron chi connectivity index (χ0n) is 16.3. The van der Waals surface area contributed by atoms with Gasteiger partial charge in [0.1, 0.15) is 11.3 Å². The normalized spacial score (nSPS) is 11.5. The lowest BCUT2D eigenvalue weighted by atomic mass is 10.2. The van der Waals surface area contributed by atoms with Gasteiger partial charge >= 0.3 is 0 Å². The van der Waals surface area contributed by atoms with Gasteiger partial charge < -0.3 is 9.15 Å². The average molecular weight is 375 g/mol. The topological polar surface area (TPSA) is 43.4 Å². The lowest BCUT2D eigenvalue weighted by molar-refractivity contribution is 0.158. The summed E-state index contributed by atoms with van der Waals surface area (Å²) >= 11 is 0. The van der Waals surface area contributed by atoms with Crippen molar-refractivity contribution in [2.24, 2.45) is 0 Å². The first-order chi connectivity index (χ1) is 13.7. The molecule has 4 aromatic rings. The first kappa shape index (κ1) is 18.5. The van der Waals surface area contributed by atoms with Gasteiger partial charge in [0.2, 0.25) is 0 Å². The van der Waals surface area contributed by atoms with Crippen molar-refractivity contribution in [2.75, 3.05) is 27.3 Å². The molecule has 5 heteroatoms. The van der Waals surface area contributed by atoms with Crippen LogP contribution in [0.3, 0.4) is 0 Å². The zero-order chi connectivity index (χ0) is 19.3. The van der Waals surface area contributed by atoms with E-state index in [2.05, 4.69) is 54.5 Å². The lowest BCUT2D eigenvalue weighted by Crippen LogP contribution is -2.22. The Bertz CT molecular complexity index is 1000. The van der Waals surface area contributed by atoms with E-state index in [1.54, 1.807) is 7.11 Å². The number of benzene rings is 2. The average Bonchev–Trinajstić information content (AvgIpc) is 3.30. The van der Waals surface area contributed by atoms with Gasteiger partial charge in [0, 0.05) is 37.3 Å². The van der Waals surface area contributed by atoms with Crippen LogP contribution in [0.15, 0.2) is 71.3 Å². The number of hydrogen-bond acceptors (Lipinski definition) is 4. The monoisotopic (exact) mass is 375 g/mol. The predicted molar refractivity (Wildman–Crippen MR) is 111 cm³/mol. The fraction of sp³-hybridized carbons (Fsp3) is 0.261. The molecule has 0 aliphatic carbocycles. The number of para-hydroxylation sites is 1. The highest BCUT2D eigenvalue weighted by Gasteiger charge is 2.17. The Morgan fingerprint density at radius 2 is 1.86 bits per heavy atom. The van der Waals surface area contributed by atoms with E-state index in [0.717, 1.165) is 47.6 Å². The van der Waals surface area contributed by atoms with Crippen LogP contribution in [0, 0.1) is 0 Å². The van der Waals surface area contributed by atoms with Crippen LogP contribution >= 0.6 is 0 Å². The molecule has 2 aromatic carbocycles. The quantitative estimate of drug-likeness (QED) is 0.457. The van der Waals surface area contributed by atoms with Crippen LogP contribution in [-0.2, 0) is 17.8 Å². The summed E-state index contributed by atoms with van der Waals surface area (Å²) in [6.07, 6.45) is 2.12. The Labute approximate surface area is 165 Å². The van der Waals surface area contributed by atoms with E-state index in [0.29, 0.717) is 6.61 Å². The Hall–Kier alpha value is -2.89. The molecule has 0 unspecified atom stereocenters. The van der Waals surface area contributed by atoms with E-state index >= 15 is 0 Å². The van der Waals surface area contributed by atoms with Crippen LogP contribution in [-0.4, -0.2) is 42.0 Å². The number of likely N-dealkylation sites (N-methyl/N-ethyl adjacent to an activating group) is 1. The van der Waals surface area contributed by atoms with Gasteiger partial charge in [0.15, 0.2) is 5.76 Å². The molecule has 0 fully saturated rings. The molecule has 0 saturated carbocycles. The van der Waals surface area contributed by atoms with Crippen LogP contribution in [0.1, 0.15) is 11.1 Å². The molecule has 0 radical (unpaired) electrons. The molecule has 2 heterocycles. The van der Waals surface area contributed by atoms with Crippen LogP contribution in [0.2, 0.25) is 0 Å². The van der Waals surface area contributed by atoms with Crippen molar-refractivity contribution in [3.63, 3.8) is 0 Å². The standard InChI is InChI=1S/C23H25N3O2/c1-25(12-13-27-2)16-20-17-26(15-18-8-4-3-5-9-18)24-23(20)22-14-19-10-6-7-11-21(19)28-22/h3-11,14,17H,12-13,15-16H2,1-2H3. The highest BCUT2D eigenvalue weighted by molar-refractivity contribution is 5.82. The van der Waals surface area contributed by atoms with Gasteiger partial charge in [-0.2, -0.15) is 5.10 Å². The third-order valence-electron chi connectivity index (χ3n) is 4.80. The minimum absolute atomic E-state index is 0.703. The van der Waals surface area contributed by atoms with E-state index in [1.807, 2.05) is 28.9 Å². The van der Waals surface area contributed by atoms with Gasteiger partial charge in [-0.05, 0) is 24.7 Å². The minimum Gasteiger partial charge on any atom is -0.454 e. The van der Waals surface area contributed by atoms with Crippen molar-refractivity contribution in [3.8, 4) is 11.5 Å². The fourth-order valence-corrected chi connectivity index (χ4v) is 3.35. The number of ether oxygens (including phenoxy) is 1. The molecule has 4 rings (SSSR count). The van der Waals surface area contributed by atoms with Gasteiger partial charge in [-0.25, -0.2) is 0 Å². The number of rotatable bonds is 8. The van der Waals surface area contributed by atoms with Crippen molar-refractivity contribution in [3.05, 3.63) is 78.0 Å². The fourth-order valence-electron chi connectivity index (χ4n) is 3.35. The summed E-state index contributed by atoms with van der Waals surface area (Å²) in [7, 11) is 3.82. The molecule has 0 N–H and O–H groups in total. The molecular weight excluding hydrogens is 350 g/mol. The molecule has 0 atom stereocenters. The summed E-state index contributed by atoms with van der Waals surface area (Å²) in [5.74, 6) is 0.808. The minimum atomic E-state index is 0.703. The van der Waals surface area contributed by atoms with E-state index in [4.69, 9.17) is 14.3 Å². The summed E-state index contributed by atoms with van der Waals surface area (Å²) < 4.78 is 13.3. The van der Waals surface area contributed by atoms with Crippen molar-refractivity contribution in [2.45, 2.75) is 13.1 Å². The zero-order valence-corrected chi connectivity index (χ0v) is 16.3. The Morgan fingerprint density at radius 3 is 2.64 bits per heavy atom. The third kappa shape index (κ3) is 4.16. The molecule has 0 spiro atoms. The molecular formula is C23H25N3O2. The second kappa shape index (κ2) is 8.42. The number of methoxy groups -OCH3 is 1. The van der Waals surface area contributed by atoms with Crippen molar-refractivity contribution in [1.82, 2.24) is 14.7 Å². The van der Waals surface area contributed by atoms with Crippen molar-refractivity contribution in [1.29, 1.82) is 0 Å². The largest absolute Gasteiger partial charge is 0.454 e. The highest BCUT2D eigenvalue weighted by atomic mass is 16.5. The summed E-state index contributed by atoms with van der Waals surface area (Å²) in [6.45, 7) is 3.08. The molecule has 0 saturated heterocycles. The maximum Gasteiger partial charge on any atom is 0.156 e. The van der Waals surface area contributed by atoms with Crippen LogP contribution in [0.5, 0.6) is 0 Å². The third-order valence-corrected chi connectivity index (χ3v) is 4.80. The Kier molecular flexibility index (Phi) is 5.55. The van der Waals surface area contributed by atoms with Crippen molar-refractivity contribution >= 4 is 11.0 Å². The first-order valence-electron chi connectivity index (χ1n) is 9.49. The van der Waals surface area contributed by atoms with Crippen LogP contribution in [0.25, 0.3) is 22.4 Å².